The molecule has 3 aromatic carbocycles. The van der Waals surface area contributed by atoms with Crippen LogP contribution in [0.1, 0.15) is 41.9 Å². The molecule has 0 unspecified atom stereocenters. The van der Waals surface area contributed by atoms with Gasteiger partial charge in [0.05, 0.1) is 7.11 Å². The van der Waals surface area contributed by atoms with Gasteiger partial charge >= 0.3 is 0 Å². The summed E-state index contributed by atoms with van der Waals surface area (Å²) in [4.78, 5) is 2.63. The van der Waals surface area contributed by atoms with Crippen LogP contribution in [0.3, 0.4) is 0 Å². The average Bonchev–Trinajstić information content (AvgIpc) is 2.82. The molecule has 4 rings (SSSR count). The predicted octanol–water partition coefficient (Wildman–Crippen LogP) is 6.50. The first kappa shape index (κ1) is 22.1. The molecule has 158 valence electrons. The number of methoxy groups -OCH3 is 1. The Hall–Kier alpha value is -2.58. The molecule has 0 aliphatic carbocycles. The lowest BCUT2D eigenvalue weighted by atomic mass is 9.89. The second kappa shape index (κ2) is 12.2. The second-order valence-corrected chi connectivity index (χ2v) is 8.13. The van der Waals surface area contributed by atoms with E-state index in [1.165, 1.54) is 62.0 Å². The van der Waals surface area contributed by atoms with Crippen molar-refractivity contribution in [3.8, 4) is 5.75 Å². The summed E-state index contributed by atoms with van der Waals surface area (Å²) in [6, 6.07) is 29.6. The van der Waals surface area contributed by atoms with Crippen LogP contribution < -0.4 is 4.74 Å². The molecular weight excluding hydrogens is 366 g/mol. The van der Waals surface area contributed by atoms with Gasteiger partial charge in [-0.25, -0.2) is 0 Å². The van der Waals surface area contributed by atoms with Gasteiger partial charge in [-0.15, -0.1) is 0 Å². The lowest BCUT2D eigenvalue weighted by Gasteiger charge is -2.32. The van der Waals surface area contributed by atoms with Gasteiger partial charge in [0.25, 0.3) is 0 Å². The Bertz CT molecular complexity index is 792. The Morgan fingerprint density at radius 1 is 0.800 bits per heavy atom. The van der Waals surface area contributed by atoms with Crippen molar-refractivity contribution in [1.82, 2.24) is 4.90 Å². The van der Waals surface area contributed by atoms with Crippen molar-refractivity contribution in [2.75, 3.05) is 26.7 Å². The number of rotatable bonds is 6. The van der Waals surface area contributed by atoms with E-state index in [1.54, 1.807) is 7.11 Å². The average molecular weight is 402 g/mol. The van der Waals surface area contributed by atoms with Gasteiger partial charge in [-0.3, -0.25) is 0 Å². The maximum atomic E-state index is 5.25. The lowest BCUT2D eigenvalue weighted by Crippen LogP contribution is -2.33. The topological polar surface area (TPSA) is 12.5 Å². The Morgan fingerprint density at radius 2 is 1.37 bits per heavy atom. The highest BCUT2D eigenvalue weighted by molar-refractivity contribution is 5.29. The molecule has 2 heteroatoms. The zero-order chi connectivity index (χ0) is 21.0. The summed E-state index contributed by atoms with van der Waals surface area (Å²) in [5, 5.41) is 0. The van der Waals surface area contributed by atoms with Crippen molar-refractivity contribution >= 4 is 0 Å². The largest absolute Gasteiger partial charge is 0.497 e. The fourth-order valence-corrected chi connectivity index (χ4v) is 4.01. The fraction of sp³-hybridized carbons (Fsp3) is 0.357. The Kier molecular flexibility index (Phi) is 8.99. The van der Waals surface area contributed by atoms with Crippen LogP contribution in [0.15, 0.2) is 84.9 Å². The molecule has 3 aromatic rings. The van der Waals surface area contributed by atoms with Crippen molar-refractivity contribution in [1.29, 1.82) is 0 Å². The third kappa shape index (κ3) is 7.35. The first-order valence-corrected chi connectivity index (χ1v) is 11.2. The molecule has 1 heterocycles. The maximum absolute atomic E-state index is 5.25. The van der Waals surface area contributed by atoms with E-state index in [4.69, 9.17) is 4.74 Å². The normalized spacial score (nSPS) is 14.6. The molecule has 1 saturated heterocycles. The van der Waals surface area contributed by atoms with Gasteiger partial charge in [0.15, 0.2) is 0 Å². The molecule has 0 saturated carbocycles. The highest BCUT2D eigenvalue weighted by Crippen LogP contribution is 2.29. The van der Waals surface area contributed by atoms with E-state index in [0.29, 0.717) is 5.92 Å². The third-order valence-corrected chi connectivity index (χ3v) is 5.90. The molecule has 0 aromatic heterocycles. The van der Waals surface area contributed by atoms with Crippen LogP contribution in [0.4, 0.5) is 0 Å². The number of ether oxygens (including phenoxy) is 1. The lowest BCUT2D eigenvalue weighted by molar-refractivity contribution is 0.210. The van der Waals surface area contributed by atoms with Crippen LogP contribution >= 0.6 is 0 Å². The Balaban J connectivity index is 0.000000367. The number of hydrogen-bond donors (Lipinski definition) is 0. The van der Waals surface area contributed by atoms with Crippen LogP contribution in [0.25, 0.3) is 0 Å². The van der Waals surface area contributed by atoms with Crippen LogP contribution in [0.2, 0.25) is 0 Å². The summed E-state index contributed by atoms with van der Waals surface area (Å²) in [6.45, 7) is 5.83. The molecule has 0 N–H and O–H groups in total. The first-order chi connectivity index (χ1) is 14.7. The van der Waals surface area contributed by atoms with Gasteiger partial charge in [0.2, 0.25) is 0 Å². The number of nitrogens with zero attached hydrogens (tertiary/aromatic N) is 1. The minimum atomic E-state index is 0.712. The Morgan fingerprint density at radius 3 is 1.90 bits per heavy atom. The molecule has 0 spiro atoms. The fourth-order valence-electron chi connectivity index (χ4n) is 4.01. The van der Waals surface area contributed by atoms with Crippen molar-refractivity contribution < 1.29 is 4.74 Å². The summed E-state index contributed by atoms with van der Waals surface area (Å²) in [6.07, 6.45) is 5.00. The van der Waals surface area contributed by atoms with Crippen LogP contribution in [-0.2, 0) is 6.42 Å². The summed E-state index contributed by atoms with van der Waals surface area (Å²) in [5.74, 6) is 1.66. The monoisotopic (exact) mass is 401 g/mol. The van der Waals surface area contributed by atoms with E-state index in [9.17, 15) is 0 Å². The number of piperidine rings is 1. The standard InChI is InChI=1S/C22H29NO.C6H6/c1-18-5-7-19(8-6-18)4-3-15-23-16-13-21(14-17-23)20-9-11-22(24-2)12-10-20;1-2-4-6-5-3-1/h5-12,21H,3-4,13-17H2,1-2H3;1-6H. The first-order valence-electron chi connectivity index (χ1n) is 11.2. The SMILES string of the molecule is COc1ccc(C2CCN(CCCc3ccc(C)cc3)CC2)cc1.c1ccccc1. The van der Waals surface area contributed by atoms with E-state index in [-0.39, 0.29) is 0 Å². The molecule has 0 amide bonds. The predicted molar refractivity (Wildman–Crippen MR) is 127 cm³/mol. The number of hydrogen-bond acceptors (Lipinski definition) is 2. The van der Waals surface area contributed by atoms with E-state index in [0.717, 1.165) is 5.75 Å². The summed E-state index contributed by atoms with van der Waals surface area (Å²) in [7, 11) is 1.73. The highest BCUT2D eigenvalue weighted by atomic mass is 16.5. The van der Waals surface area contributed by atoms with Gasteiger partial charge in [-0.05, 0) is 81.4 Å². The van der Waals surface area contributed by atoms with Crippen LogP contribution in [0.5, 0.6) is 5.75 Å². The zero-order valence-electron chi connectivity index (χ0n) is 18.5. The van der Waals surface area contributed by atoms with Gasteiger partial charge < -0.3 is 9.64 Å². The van der Waals surface area contributed by atoms with Gasteiger partial charge in [-0.2, -0.15) is 0 Å². The minimum absolute atomic E-state index is 0.712. The van der Waals surface area contributed by atoms with E-state index in [1.807, 2.05) is 36.4 Å². The van der Waals surface area contributed by atoms with Gasteiger partial charge in [0, 0.05) is 0 Å². The maximum Gasteiger partial charge on any atom is 0.118 e. The number of likely N-dealkylation sites (tertiary alicyclic amines) is 1. The van der Waals surface area contributed by atoms with Crippen molar-refractivity contribution in [2.24, 2.45) is 0 Å². The minimum Gasteiger partial charge on any atom is -0.497 e. The van der Waals surface area contributed by atoms with Crippen LogP contribution in [0, 0.1) is 6.92 Å². The second-order valence-electron chi connectivity index (χ2n) is 8.13. The molecule has 1 aliphatic heterocycles. The quantitative estimate of drug-likeness (QED) is 0.467. The van der Waals surface area contributed by atoms with Crippen molar-refractivity contribution in [3.05, 3.63) is 102 Å². The van der Waals surface area contributed by atoms with Gasteiger partial charge in [0.1, 0.15) is 5.75 Å². The molecule has 30 heavy (non-hydrogen) atoms. The highest BCUT2D eigenvalue weighted by Gasteiger charge is 2.20. The molecule has 1 fully saturated rings. The third-order valence-electron chi connectivity index (χ3n) is 5.90. The van der Waals surface area contributed by atoms with Crippen molar-refractivity contribution in [3.63, 3.8) is 0 Å². The van der Waals surface area contributed by atoms with E-state index < -0.39 is 0 Å². The molecule has 2 nitrogen and oxygen atoms in total. The Labute approximate surface area is 182 Å². The molecule has 0 radical (unpaired) electrons. The summed E-state index contributed by atoms with van der Waals surface area (Å²) < 4.78 is 5.25. The smallest absolute Gasteiger partial charge is 0.118 e. The van der Waals surface area contributed by atoms with E-state index in [2.05, 4.69) is 60.4 Å². The van der Waals surface area contributed by atoms with E-state index >= 15 is 0 Å². The van der Waals surface area contributed by atoms with Gasteiger partial charge in [-0.1, -0.05) is 78.4 Å². The number of benzene rings is 3. The summed E-state index contributed by atoms with van der Waals surface area (Å²) >= 11 is 0. The molecule has 1 aliphatic rings. The molecule has 0 bridgehead atoms. The zero-order valence-corrected chi connectivity index (χ0v) is 18.5. The number of aryl methyl sites for hydroxylation is 2. The van der Waals surface area contributed by atoms with Crippen LogP contribution in [-0.4, -0.2) is 31.6 Å². The summed E-state index contributed by atoms with van der Waals surface area (Å²) in [5.41, 5.74) is 4.28. The molecule has 0 atom stereocenters. The molecular formula is C28H35NO. The van der Waals surface area contributed by atoms with Crippen molar-refractivity contribution in [2.45, 2.75) is 38.5 Å².